The van der Waals surface area contributed by atoms with Crippen LogP contribution in [-0.2, 0) is 0 Å². The van der Waals surface area contributed by atoms with E-state index in [2.05, 4.69) is 10.3 Å². The van der Waals surface area contributed by atoms with E-state index in [1.54, 1.807) is 0 Å². The molecule has 0 radical (unpaired) electrons. The predicted octanol–water partition coefficient (Wildman–Crippen LogP) is 1.26. The highest BCUT2D eigenvalue weighted by Crippen LogP contribution is 2.24. The number of hydrogen-bond donors (Lipinski definition) is 2. The van der Waals surface area contributed by atoms with Gasteiger partial charge in [0.05, 0.1) is 6.20 Å². The van der Waals surface area contributed by atoms with Crippen molar-refractivity contribution in [2.24, 2.45) is 0 Å². The smallest absolute Gasteiger partial charge is 0.373 e. The van der Waals surface area contributed by atoms with Crippen molar-refractivity contribution in [1.82, 2.24) is 10.3 Å². The SMILES string of the molecule is Cl.O=C(O)c1cnc(C2CCNCC2)o1. The molecule has 1 saturated heterocycles. The number of nitrogens with zero attached hydrogens (tertiary/aromatic N) is 1. The van der Waals surface area contributed by atoms with Crippen LogP contribution in [-0.4, -0.2) is 29.1 Å². The molecule has 0 bridgehead atoms. The third kappa shape index (κ3) is 2.70. The van der Waals surface area contributed by atoms with Crippen LogP contribution in [0.1, 0.15) is 35.2 Å². The fraction of sp³-hybridized carbons (Fsp3) is 0.556. The molecule has 0 unspecified atom stereocenters. The summed E-state index contributed by atoms with van der Waals surface area (Å²) in [5, 5.41) is 11.9. The van der Waals surface area contributed by atoms with Gasteiger partial charge >= 0.3 is 5.97 Å². The number of carbonyl (C=O) groups is 1. The summed E-state index contributed by atoms with van der Waals surface area (Å²) in [5.41, 5.74) is 0. The highest BCUT2D eigenvalue weighted by molar-refractivity contribution is 5.85. The van der Waals surface area contributed by atoms with Crippen molar-refractivity contribution in [2.45, 2.75) is 18.8 Å². The Morgan fingerprint density at radius 1 is 1.53 bits per heavy atom. The summed E-state index contributed by atoms with van der Waals surface area (Å²) >= 11 is 0. The zero-order valence-electron chi connectivity index (χ0n) is 8.10. The molecule has 2 rings (SSSR count). The molecule has 1 fully saturated rings. The van der Waals surface area contributed by atoms with E-state index in [1.165, 1.54) is 6.20 Å². The second-order valence-corrected chi connectivity index (χ2v) is 3.39. The molecule has 84 valence electrons. The number of carboxylic acids is 1. The van der Waals surface area contributed by atoms with Gasteiger partial charge in [0.25, 0.3) is 0 Å². The fourth-order valence-corrected chi connectivity index (χ4v) is 1.64. The minimum Gasteiger partial charge on any atom is -0.475 e. The summed E-state index contributed by atoms with van der Waals surface area (Å²) in [6.45, 7) is 1.88. The Balaban J connectivity index is 0.00000112. The quantitative estimate of drug-likeness (QED) is 0.803. The van der Waals surface area contributed by atoms with Crippen LogP contribution in [0.2, 0.25) is 0 Å². The summed E-state index contributed by atoms with van der Waals surface area (Å²) in [5.74, 6) is -0.301. The number of hydrogen-bond acceptors (Lipinski definition) is 4. The van der Waals surface area contributed by atoms with Crippen LogP contribution < -0.4 is 5.32 Å². The number of rotatable bonds is 2. The van der Waals surface area contributed by atoms with Crippen LogP contribution in [0.15, 0.2) is 10.6 Å². The molecule has 0 aromatic carbocycles. The highest BCUT2D eigenvalue weighted by atomic mass is 35.5. The zero-order chi connectivity index (χ0) is 9.97. The van der Waals surface area contributed by atoms with Gasteiger partial charge in [-0.2, -0.15) is 0 Å². The van der Waals surface area contributed by atoms with Crippen LogP contribution in [0.4, 0.5) is 0 Å². The van der Waals surface area contributed by atoms with Crippen LogP contribution in [0.25, 0.3) is 0 Å². The molecular weight excluding hydrogens is 220 g/mol. The van der Waals surface area contributed by atoms with Gasteiger partial charge in [-0.05, 0) is 25.9 Å². The van der Waals surface area contributed by atoms with Gasteiger partial charge in [-0.1, -0.05) is 0 Å². The lowest BCUT2D eigenvalue weighted by Gasteiger charge is -2.19. The standard InChI is InChI=1S/C9H12N2O3.ClH/c12-9(13)7-5-11-8(14-7)6-1-3-10-4-2-6;/h5-6,10H,1-4H2,(H,12,13);1H. The van der Waals surface area contributed by atoms with Crippen molar-refractivity contribution in [3.63, 3.8) is 0 Å². The lowest BCUT2D eigenvalue weighted by molar-refractivity contribution is 0.0659. The number of aromatic nitrogens is 1. The van der Waals surface area contributed by atoms with Crippen LogP contribution >= 0.6 is 12.4 Å². The summed E-state index contributed by atoms with van der Waals surface area (Å²) in [6, 6.07) is 0. The van der Waals surface area contributed by atoms with Crippen LogP contribution in [0, 0.1) is 0 Å². The molecule has 2 heterocycles. The molecule has 0 saturated carbocycles. The normalized spacial score (nSPS) is 17.1. The number of halogens is 1. The molecule has 1 aliphatic heterocycles. The first-order valence-corrected chi connectivity index (χ1v) is 4.67. The largest absolute Gasteiger partial charge is 0.475 e. The van der Waals surface area contributed by atoms with Gasteiger partial charge < -0.3 is 14.8 Å². The van der Waals surface area contributed by atoms with E-state index in [-0.39, 0.29) is 24.1 Å². The van der Waals surface area contributed by atoms with E-state index < -0.39 is 5.97 Å². The van der Waals surface area contributed by atoms with E-state index in [4.69, 9.17) is 9.52 Å². The molecule has 1 aromatic heterocycles. The molecule has 15 heavy (non-hydrogen) atoms. The van der Waals surface area contributed by atoms with Gasteiger partial charge in [-0.15, -0.1) is 12.4 Å². The topological polar surface area (TPSA) is 75.4 Å². The Morgan fingerprint density at radius 2 is 2.20 bits per heavy atom. The van der Waals surface area contributed by atoms with Crippen molar-refractivity contribution >= 4 is 18.4 Å². The third-order valence-electron chi connectivity index (χ3n) is 2.42. The Labute approximate surface area is 93.3 Å². The molecule has 0 spiro atoms. The van der Waals surface area contributed by atoms with Gasteiger partial charge in [0.2, 0.25) is 5.76 Å². The number of oxazole rings is 1. The van der Waals surface area contributed by atoms with Gasteiger partial charge in [-0.25, -0.2) is 9.78 Å². The van der Waals surface area contributed by atoms with Crippen molar-refractivity contribution < 1.29 is 14.3 Å². The summed E-state index contributed by atoms with van der Waals surface area (Å²) in [6.07, 6.45) is 3.19. The summed E-state index contributed by atoms with van der Waals surface area (Å²) < 4.78 is 5.15. The maximum atomic E-state index is 10.6. The summed E-state index contributed by atoms with van der Waals surface area (Å²) in [7, 11) is 0. The summed E-state index contributed by atoms with van der Waals surface area (Å²) in [4.78, 5) is 14.5. The predicted molar refractivity (Wildman–Crippen MR) is 55.6 cm³/mol. The first-order valence-electron chi connectivity index (χ1n) is 4.67. The Hall–Kier alpha value is -1.07. The monoisotopic (exact) mass is 232 g/mol. The molecule has 1 aromatic rings. The van der Waals surface area contributed by atoms with Crippen molar-refractivity contribution in [3.05, 3.63) is 17.8 Å². The molecule has 1 aliphatic rings. The first-order chi connectivity index (χ1) is 6.77. The van der Waals surface area contributed by atoms with E-state index in [0.717, 1.165) is 25.9 Å². The third-order valence-corrected chi connectivity index (χ3v) is 2.42. The van der Waals surface area contributed by atoms with Gasteiger partial charge in [-0.3, -0.25) is 0 Å². The second-order valence-electron chi connectivity index (χ2n) is 3.39. The Bertz CT molecular complexity index is 334. The maximum Gasteiger partial charge on any atom is 0.373 e. The average molecular weight is 233 g/mol. The average Bonchev–Trinajstić information content (AvgIpc) is 2.68. The van der Waals surface area contributed by atoms with Crippen molar-refractivity contribution in [2.75, 3.05) is 13.1 Å². The lowest BCUT2D eigenvalue weighted by atomic mass is 9.98. The maximum absolute atomic E-state index is 10.6. The van der Waals surface area contributed by atoms with Gasteiger partial charge in [0.15, 0.2) is 5.89 Å². The minimum atomic E-state index is -1.06. The molecule has 6 heteroatoms. The van der Waals surface area contributed by atoms with Crippen LogP contribution in [0.5, 0.6) is 0 Å². The number of piperidine rings is 1. The molecule has 0 amide bonds. The Kier molecular flexibility index (Phi) is 4.11. The second kappa shape index (κ2) is 5.14. The Morgan fingerprint density at radius 3 is 2.73 bits per heavy atom. The molecule has 2 N–H and O–H groups in total. The molecule has 0 aliphatic carbocycles. The first kappa shape index (κ1) is 12.0. The number of carboxylic acid groups (broad SMARTS) is 1. The van der Waals surface area contributed by atoms with E-state index in [1.807, 2.05) is 0 Å². The van der Waals surface area contributed by atoms with Gasteiger partial charge in [0, 0.05) is 5.92 Å². The van der Waals surface area contributed by atoms with E-state index >= 15 is 0 Å². The van der Waals surface area contributed by atoms with Crippen molar-refractivity contribution in [3.8, 4) is 0 Å². The molecule has 5 nitrogen and oxygen atoms in total. The molecular formula is C9H13ClN2O3. The van der Waals surface area contributed by atoms with Crippen molar-refractivity contribution in [1.29, 1.82) is 0 Å². The fourth-order valence-electron chi connectivity index (χ4n) is 1.64. The molecule has 0 atom stereocenters. The number of nitrogens with one attached hydrogen (secondary N) is 1. The zero-order valence-corrected chi connectivity index (χ0v) is 8.92. The van der Waals surface area contributed by atoms with Gasteiger partial charge in [0.1, 0.15) is 0 Å². The minimum absolute atomic E-state index is 0. The lowest BCUT2D eigenvalue weighted by Crippen LogP contribution is -2.26. The highest BCUT2D eigenvalue weighted by Gasteiger charge is 2.21. The van der Waals surface area contributed by atoms with E-state index in [9.17, 15) is 4.79 Å². The number of aromatic carboxylic acids is 1. The van der Waals surface area contributed by atoms with E-state index in [0.29, 0.717) is 5.89 Å². The van der Waals surface area contributed by atoms with Crippen LogP contribution in [0.3, 0.4) is 0 Å².